The maximum atomic E-state index is 5.82. The fourth-order valence-corrected chi connectivity index (χ4v) is 1.42. The Bertz CT molecular complexity index is 285. The molecule has 0 fully saturated rings. The number of nitrogens with two attached hydrogens (primary N) is 1. The predicted octanol–water partition coefficient (Wildman–Crippen LogP) is 1.68. The summed E-state index contributed by atoms with van der Waals surface area (Å²) in [7, 11) is 0. The van der Waals surface area contributed by atoms with Crippen molar-refractivity contribution < 1.29 is 0 Å². The van der Waals surface area contributed by atoms with Crippen LogP contribution in [0.4, 0.5) is 11.5 Å². The summed E-state index contributed by atoms with van der Waals surface area (Å²) in [4.78, 5) is 10.3. The van der Waals surface area contributed by atoms with Gasteiger partial charge in [0.05, 0.1) is 11.9 Å². The summed E-state index contributed by atoms with van der Waals surface area (Å²) in [6.07, 6.45) is 4.27. The summed E-state index contributed by atoms with van der Waals surface area (Å²) < 4.78 is 0. The molecule has 14 heavy (non-hydrogen) atoms. The average molecular weight is 194 g/mol. The second-order valence-corrected chi connectivity index (χ2v) is 3.59. The Kier molecular flexibility index (Phi) is 3.68. The van der Waals surface area contributed by atoms with Crippen LogP contribution in [0.1, 0.15) is 27.2 Å². The van der Waals surface area contributed by atoms with Gasteiger partial charge in [-0.1, -0.05) is 6.92 Å². The van der Waals surface area contributed by atoms with Gasteiger partial charge in [0.25, 0.3) is 0 Å². The van der Waals surface area contributed by atoms with E-state index in [2.05, 4.69) is 35.6 Å². The lowest BCUT2D eigenvalue weighted by atomic mass is 10.2. The summed E-state index contributed by atoms with van der Waals surface area (Å²) in [5, 5.41) is 0. The highest BCUT2D eigenvalue weighted by Gasteiger charge is 2.13. The molecule has 0 saturated heterocycles. The molecule has 0 spiro atoms. The standard InChI is InChI=1S/C10H18N4/c1-4-5-14(8(2)3)10-9(11)6-12-7-13-10/h6-8H,4-5,11H2,1-3H3. The van der Waals surface area contributed by atoms with Crippen LogP contribution >= 0.6 is 0 Å². The van der Waals surface area contributed by atoms with Crippen LogP contribution in [0.15, 0.2) is 12.5 Å². The van der Waals surface area contributed by atoms with Crippen LogP contribution in [0, 0.1) is 0 Å². The second kappa shape index (κ2) is 4.79. The number of anilines is 2. The Balaban J connectivity index is 2.93. The van der Waals surface area contributed by atoms with Crippen molar-refractivity contribution in [2.24, 2.45) is 0 Å². The van der Waals surface area contributed by atoms with Gasteiger partial charge >= 0.3 is 0 Å². The Labute approximate surface area is 85.2 Å². The molecule has 1 aromatic rings. The van der Waals surface area contributed by atoms with Crippen LogP contribution in [-0.2, 0) is 0 Å². The van der Waals surface area contributed by atoms with Crippen molar-refractivity contribution in [1.29, 1.82) is 0 Å². The molecule has 0 aromatic carbocycles. The van der Waals surface area contributed by atoms with Gasteiger partial charge in [0.1, 0.15) is 6.33 Å². The topological polar surface area (TPSA) is 55.0 Å². The van der Waals surface area contributed by atoms with Crippen LogP contribution in [-0.4, -0.2) is 22.6 Å². The molecule has 0 atom stereocenters. The fourth-order valence-electron chi connectivity index (χ4n) is 1.42. The molecule has 0 aliphatic heterocycles. The minimum absolute atomic E-state index is 0.409. The smallest absolute Gasteiger partial charge is 0.155 e. The summed E-state index contributed by atoms with van der Waals surface area (Å²) in [6, 6.07) is 0.409. The first-order valence-electron chi connectivity index (χ1n) is 4.99. The highest BCUT2D eigenvalue weighted by atomic mass is 15.2. The summed E-state index contributed by atoms with van der Waals surface area (Å²) >= 11 is 0. The molecule has 0 unspecified atom stereocenters. The molecular formula is C10H18N4. The van der Waals surface area contributed by atoms with Gasteiger partial charge in [-0.05, 0) is 20.3 Å². The Morgan fingerprint density at radius 3 is 2.71 bits per heavy atom. The van der Waals surface area contributed by atoms with Gasteiger partial charge in [0.15, 0.2) is 5.82 Å². The number of nitrogens with zero attached hydrogens (tertiary/aromatic N) is 3. The van der Waals surface area contributed by atoms with E-state index in [9.17, 15) is 0 Å². The van der Waals surface area contributed by atoms with Crippen molar-refractivity contribution in [1.82, 2.24) is 9.97 Å². The third kappa shape index (κ3) is 2.34. The second-order valence-electron chi connectivity index (χ2n) is 3.59. The largest absolute Gasteiger partial charge is 0.394 e. The molecule has 0 radical (unpaired) electrons. The van der Waals surface area contributed by atoms with Gasteiger partial charge in [-0.25, -0.2) is 9.97 Å². The predicted molar refractivity (Wildman–Crippen MR) is 59.2 cm³/mol. The Morgan fingerprint density at radius 2 is 2.21 bits per heavy atom. The monoisotopic (exact) mass is 194 g/mol. The molecule has 4 nitrogen and oxygen atoms in total. The minimum atomic E-state index is 0.409. The number of hydrogen-bond acceptors (Lipinski definition) is 4. The molecule has 2 N–H and O–H groups in total. The van der Waals surface area contributed by atoms with Crippen LogP contribution < -0.4 is 10.6 Å². The van der Waals surface area contributed by atoms with E-state index < -0.39 is 0 Å². The molecule has 0 saturated carbocycles. The average Bonchev–Trinajstić information content (AvgIpc) is 2.15. The van der Waals surface area contributed by atoms with Gasteiger partial charge in [0, 0.05) is 12.6 Å². The van der Waals surface area contributed by atoms with E-state index >= 15 is 0 Å². The van der Waals surface area contributed by atoms with Gasteiger partial charge < -0.3 is 10.6 Å². The molecule has 0 amide bonds. The fraction of sp³-hybridized carbons (Fsp3) is 0.600. The van der Waals surface area contributed by atoms with E-state index in [4.69, 9.17) is 5.73 Å². The van der Waals surface area contributed by atoms with E-state index in [1.807, 2.05) is 0 Å². The lowest BCUT2D eigenvalue weighted by molar-refractivity contribution is 0.662. The van der Waals surface area contributed by atoms with Crippen LogP contribution in [0.2, 0.25) is 0 Å². The van der Waals surface area contributed by atoms with E-state index in [1.165, 1.54) is 6.33 Å². The van der Waals surface area contributed by atoms with Crippen LogP contribution in [0.3, 0.4) is 0 Å². The lowest BCUT2D eigenvalue weighted by Gasteiger charge is -2.28. The molecule has 1 aromatic heterocycles. The quantitative estimate of drug-likeness (QED) is 0.792. The molecule has 4 heteroatoms. The number of hydrogen-bond donors (Lipinski definition) is 1. The Hall–Kier alpha value is -1.32. The third-order valence-electron chi connectivity index (χ3n) is 2.08. The highest BCUT2D eigenvalue weighted by molar-refractivity contribution is 5.61. The summed E-state index contributed by atoms with van der Waals surface area (Å²) in [5.74, 6) is 0.844. The maximum Gasteiger partial charge on any atom is 0.155 e. The van der Waals surface area contributed by atoms with Crippen molar-refractivity contribution >= 4 is 11.5 Å². The minimum Gasteiger partial charge on any atom is -0.394 e. The lowest BCUT2D eigenvalue weighted by Crippen LogP contribution is -2.32. The molecule has 0 aliphatic carbocycles. The molecule has 78 valence electrons. The molecular weight excluding hydrogens is 176 g/mol. The van der Waals surface area contributed by atoms with Crippen molar-refractivity contribution in [2.75, 3.05) is 17.2 Å². The molecule has 1 rings (SSSR count). The van der Waals surface area contributed by atoms with E-state index in [-0.39, 0.29) is 0 Å². The maximum absolute atomic E-state index is 5.82. The highest BCUT2D eigenvalue weighted by Crippen LogP contribution is 2.20. The molecule has 0 bridgehead atoms. The summed E-state index contributed by atoms with van der Waals surface area (Å²) in [5.41, 5.74) is 6.47. The Morgan fingerprint density at radius 1 is 1.50 bits per heavy atom. The first-order chi connectivity index (χ1) is 6.66. The van der Waals surface area contributed by atoms with E-state index in [0.29, 0.717) is 11.7 Å². The number of nitrogen functional groups attached to an aromatic ring is 1. The normalized spacial score (nSPS) is 10.6. The third-order valence-corrected chi connectivity index (χ3v) is 2.08. The van der Waals surface area contributed by atoms with Crippen LogP contribution in [0.5, 0.6) is 0 Å². The van der Waals surface area contributed by atoms with Crippen molar-refractivity contribution in [3.63, 3.8) is 0 Å². The number of aromatic nitrogens is 2. The van der Waals surface area contributed by atoms with Crippen LogP contribution in [0.25, 0.3) is 0 Å². The van der Waals surface area contributed by atoms with Gasteiger partial charge in [-0.2, -0.15) is 0 Å². The molecule has 1 heterocycles. The van der Waals surface area contributed by atoms with Gasteiger partial charge in [-0.3, -0.25) is 0 Å². The number of rotatable bonds is 4. The zero-order chi connectivity index (χ0) is 10.6. The van der Waals surface area contributed by atoms with Gasteiger partial charge in [-0.15, -0.1) is 0 Å². The van der Waals surface area contributed by atoms with Gasteiger partial charge in [0.2, 0.25) is 0 Å². The van der Waals surface area contributed by atoms with Crippen molar-refractivity contribution in [3.05, 3.63) is 12.5 Å². The van der Waals surface area contributed by atoms with Crippen molar-refractivity contribution in [2.45, 2.75) is 33.2 Å². The van der Waals surface area contributed by atoms with Crippen molar-refractivity contribution in [3.8, 4) is 0 Å². The summed E-state index contributed by atoms with van der Waals surface area (Å²) in [6.45, 7) is 7.39. The first kappa shape index (κ1) is 10.8. The SMILES string of the molecule is CCCN(c1ncncc1N)C(C)C. The van der Waals surface area contributed by atoms with E-state index in [1.54, 1.807) is 6.20 Å². The zero-order valence-electron chi connectivity index (χ0n) is 9.07. The molecule has 0 aliphatic rings. The van der Waals surface area contributed by atoms with E-state index in [0.717, 1.165) is 18.8 Å². The zero-order valence-corrected chi connectivity index (χ0v) is 9.07. The first-order valence-corrected chi connectivity index (χ1v) is 4.99.